The summed E-state index contributed by atoms with van der Waals surface area (Å²) in [5, 5.41) is 0. The van der Waals surface area contributed by atoms with Crippen molar-refractivity contribution in [3.05, 3.63) is 0 Å². The Kier molecular flexibility index (Phi) is 3.08. The third kappa shape index (κ3) is 2.36. The lowest BCUT2D eigenvalue weighted by atomic mass is 10.1. The first-order valence-corrected chi connectivity index (χ1v) is 6.50. The van der Waals surface area contributed by atoms with E-state index in [-0.39, 0.29) is 5.91 Å². The number of rotatable bonds is 1. The van der Waals surface area contributed by atoms with E-state index >= 15 is 0 Å². The molecule has 4 heteroatoms. The fourth-order valence-electron chi connectivity index (χ4n) is 2.55. The molecule has 0 bridgehead atoms. The molecule has 0 aromatic rings. The van der Waals surface area contributed by atoms with Crippen molar-refractivity contribution >= 4 is 21.8 Å². The number of piperazine rings is 1. The molecule has 0 aromatic carbocycles. The van der Waals surface area contributed by atoms with Gasteiger partial charge in [-0.25, -0.2) is 0 Å². The van der Waals surface area contributed by atoms with Gasteiger partial charge in [-0.2, -0.15) is 0 Å². The van der Waals surface area contributed by atoms with E-state index in [1.807, 2.05) is 18.7 Å². The van der Waals surface area contributed by atoms with Gasteiger partial charge in [-0.05, 0) is 33.2 Å². The molecular weight excluding hydrogens is 256 g/mol. The molecule has 0 saturated carbocycles. The van der Waals surface area contributed by atoms with Crippen LogP contribution in [0.15, 0.2) is 0 Å². The second-order valence-corrected chi connectivity index (χ2v) is 7.04. The summed E-state index contributed by atoms with van der Waals surface area (Å²) in [5.74, 6) is 0.231. The Bertz CT molecular complexity index is 262. The van der Waals surface area contributed by atoms with Gasteiger partial charge in [-0.3, -0.25) is 9.69 Å². The molecular formula is C11H19BrN2O. The van der Waals surface area contributed by atoms with E-state index in [4.69, 9.17) is 0 Å². The van der Waals surface area contributed by atoms with Crippen LogP contribution in [0.5, 0.6) is 0 Å². The molecule has 0 aromatic heterocycles. The molecule has 86 valence electrons. The predicted octanol–water partition coefficient (Wildman–Crippen LogP) is 1.47. The van der Waals surface area contributed by atoms with Crippen molar-refractivity contribution in [1.29, 1.82) is 0 Å². The van der Waals surface area contributed by atoms with Gasteiger partial charge in [0, 0.05) is 25.7 Å². The number of amides is 1. The molecule has 0 spiro atoms. The molecule has 2 aliphatic heterocycles. The zero-order chi connectivity index (χ0) is 11.1. The highest BCUT2D eigenvalue weighted by Crippen LogP contribution is 2.25. The molecule has 3 nitrogen and oxygen atoms in total. The van der Waals surface area contributed by atoms with Crippen LogP contribution in [-0.4, -0.2) is 52.3 Å². The Balaban J connectivity index is 1.98. The number of hydrogen-bond donors (Lipinski definition) is 0. The summed E-state index contributed by atoms with van der Waals surface area (Å²) < 4.78 is -0.409. The standard InChI is InChI=1S/C11H19BrN2O/c1-11(2,12)10(15)14-7-6-13-5-3-4-9(13)8-14/h9H,3-8H2,1-2H3. The van der Waals surface area contributed by atoms with E-state index < -0.39 is 4.32 Å². The maximum absolute atomic E-state index is 12.1. The van der Waals surface area contributed by atoms with Gasteiger partial charge in [0.15, 0.2) is 0 Å². The Morgan fingerprint density at radius 3 is 2.73 bits per heavy atom. The fourth-order valence-corrected chi connectivity index (χ4v) is 2.80. The van der Waals surface area contributed by atoms with Crippen molar-refractivity contribution in [1.82, 2.24) is 9.80 Å². The minimum absolute atomic E-state index is 0.231. The van der Waals surface area contributed by atoms with Gasteiger partial charge in [0.25, 0.3) is 0 Å². The van der Waals surface area contributed by atoms with E-state index in [0.29, 0.717) is 6.04 Å². The summed E-state index contributed by atoms with van der Waals surface area (Å²) in [6.45, 7) is 7.95. The lowest BCUT2D eigenvalue weighted by molar-refractivity contribution is -0.135. The minimum atomic E-state index is -0.409. The molecule has 0 radical (unpaired) electrons. The first kappa shape index (κ1) is 11.4. The third-order valence-corrected chi connectivity index (χ3v) is 3.72. The van der Waals surface area contributed by atoms with Gasteiger partial charge in [-0.1, -0.05) is 15.9 Å². The van der Waals surface area contributed by atoms with Crippen molar-refractivity contribution in [2.45, 2.75) is 37.1 Å². The summed E-state index contributed by atoms with van der Waals surface area (Å²) in [7, 11) is 0. The summed E-state index contributed by atoms with van der Waals surface area (Å²) in [5.41, 5.74) is 0. The predicted molar refractivity (Wildman–Crippen MR) is 64.2 cm³/mol. The summed E-state index contributed by atoms with van der Waals surface area (Å²) in [4.78, 5) is 16.6. The maximum Gasteiger partial charge on any atom is 0.238 e. The van der Waals surface area contributed by atoms with Gasteiger partial charge in [0.05, 0.1) is 4.32 Å². The number of fused-ring (bicyclic) bond motifs is 1. The Hall–Kier alpha value is -0.0900. The number of halogens is 1. The normalized spacial score (nSPS) is 27.9. The van der Waals surface area contributed by atoms with Crippen LogP contribution in [0, 0.1) is 0 Å². The average Bonchev–Trinajstić information content (AvgIpc) is 2.61. The molecule has 0 N–H and O–H groups in total. The van der Waals surface area contributed by atoms with Gasteiger partial charge in [-0.15, -0.1) is 0 Å². The van der Waals surface area contributed by atoms with Gasteiger partial charge in [0.1, 0.15) is 0 Å². The topological polar surface area (TPSA) is 23.6 Å². The van der Waals surface area contributed by atoms with E-state index in [1.165, 1.54) is 19.4 Å². The molecule has 15 heavy (non-hydrogen) atoms. The van der Waals surface area contributed by atoms with Crippen LogP contribution < -0.4 is 0 Å². The molecule has 2 saturated heterocycles. The SMILES string of the molecule is CC(C)(Br)C(=O)N1CCN2CCCC2C1. The van der Waals surface area contributed by atoms with Crippen LogP contribution in [0.2, 0.25) is 0 Å². The molecule has 1 amide bonds. The molecule has 2 fully saturated rings. The van der Waals surface area contributed by atoms with Crippen LogP contribution in [-0.2, 0) is 4.79 Å². The molecule has 1 unspecified atom stereocenters. The zero-order valence-corrected chi connectivity index (χ0v) is 11.1. The number of nitrogens with zero attached hydrogens (tertiary/aromatic N) is 2. The Morgan fingerprint density at radius 2 is 2.07 bits per heavy atom. The number of alkyl halides is 1. The molecule has 2 rings (SSSR count). The average molecular weight is 275 g/mol. The first-order valence-electron chi connectivity index (χ1n) is 5.71. The smallest absolute Gasteiger partial charge is 0.238 e. The number of hydrogen-bond acceptors (Lipinski definition) is 2. The van der Waals surface area contributed by atoms with Crippen molar-refractivity contribution in [3.63, 3.8) is 0 Å². The lowest BCUT2D eigenvalue weighted by Crippen LogP contribution is -2.55. The molecule has 2 heterocycles. The Morgan fingerprint density at radius 1 is 1.33 bits per heavy atom. The highest BCUT2D eigenvalue weighted by molar-refractivity contribution is 9.10. The van der Waals surface area contributed by atoms with Crippen LogP contribution in [0.25, 0.3) is 0 Å². The second kappa shape index (κ2) is 4.06. The van der Waals surface area contributed by atoms with Gasteiger partial charge in [0.2, 0.25) is 5.91 Å². The van der Waals surface area contributed by atoms with E-state index in [1.54, 1.807) is 0 Å². The maximum atomic E-state index is 12.1. The van der Waals surface area contributed by atoms with Crippen LogP contribution in [0.1, 0.15) is 26.7 Å². The van der Waals surface area contributed by atoms with Crippen molar-refractivity contribution in [2.24, 2.45) is 0 Å². The molecule has 1 atom stereocenters. The van der Waals surface area contributed by atoms with Gasteiger partial charge >= 0.3 is 0 Å². The summed E-state index contributed by atoms with van der Waals surface area (Å²) >= 11 is 3.45. The minimum Gasteiger partial charge on any atom is -0.339 e. The largest absolute Gasteiger partial charge is 0.339 e. The lowest BCUT2D eigenvalue weighted by Gasteiger charge is -2.39. The third-order valence-electron chi connectivity index (χ3n) is 3.38. The Labute approximate surface area is 99.9 Å². The van der Waals surface area contributed by atoms with Crippen LogP contribution in [0.3, 0.4) is 0 Å². The summed E-state index contributed by atoms with van der Waals surface area (Å²) in [6.07, 6.45) is 2.55. The van der Waals surface area contributed by atoms with Crippen molar-refractivity contribution in [3.8, 4) is 0 Å². The summed E-state index contributed by atoms with van der Waals surface area (Å²) in [6, 6.07) is 0.623. The molecule has 0 aliphatic carbocycles. The second-order valence-electron chi connectivity index (χ2n) is 5.06. The zero-order valence-electron chi connectivity index (χ0n) is 9.50. The first-order chi connectivity index (χ1) is 6.98. The van der Waals surface area contributed by atoms with Crippen molar-refractivity contribution < 1.29 is 4.79 Å². The van der Waals surface area contributed by atoms with Crippen LogP contribution in [0.4, 0.5) is 0 Å². The molecule has 2 aliphatic rings. The van der Waals surface area contributed by atoms with Gasteiger partial charge < -0.3 is 4.90 Å². The highest BCUT2D eigenvalue weighted by atomic mass is 79.9. The number of carbonyl (C=O) groups excluding carboxylic acids is 1. The quantitative estimate of drug-likeness (QED) is 0.677. The monoisotopic (exact) mass is 274 g/mol. The van der Waals surface area contributed by atoms with E-state index in [9.17, 15) is 4.79 Å². The van der Waals surface area contributed by atoms with E-state index in [0.717, 1.165) is 19.6 Å². The number of carbonyl (C=O) groups is 1. The van der Waals surface area contributed by atoms with Crippen LogP contribution >= 0.6 is 15.9 Å². The van der Waals surface area contributed by atoms with E-state index in [2.05, 4.69) is 20.8 Å². The van der Waals surface area contributed by atoms with Crippen molar-refractivity contribution in [2.75, 3.05) is 26.2 Å². The fraction of sp³-hybridized carbons (Fsp3) is 0.909. The highest BCUT2D eigenvalue weighted by Gasteiger charge is 2.36.